The van der Waals surface area contributed by atoms with Crippen molar-refractivity contribution in [3.05, 3.63) is 28.8 Å². The number of sulfone groups is 1. The standard InChI is InChI=1S/C18H24ClNO5S/c1-11-6-4-5-7-16(11)20-17(21)12(2)25-18(22)14-10-13(26(3,23)24)8-9-15(14)19/h8-12,16H,4-7H2,1-3H3,(H,20,21)/t11-,12+,16+/m0/s1. The number of carbonyl (C=O) groups is 2. The Morgan fingerprint density at radius 1 is 1.27 bits per heavy atom. The van der Waals surface area contributed by atoms with Gasteiger partial charge in [-0.15, -0.1) is 0 Å². The molecule has 26 heavy (non-hydrogen) atoms. The molecule has 3 atom stereocenters. The van der Waals surface area contributed by atoms with Crippen LogP contribution >= 0.6 is 11.6 Å². The predicted octanol–water partition coefficient (Wildman–Crippen LogP) is 2.98. The monoisotopic (exact) mass is 401 g/mol. The van der Waals surface area contributed by atoms with E-state index in [9.17, 15) is 18.0 Å². The summed E-state index contributed by atoms with van der Waals surface area (Å²) in [5, 5.41) is 3.00. The number of hydrogen-bond donors (Lipinski definition) is 1. The summed E-state index contributed by atoms with van der Waals surface area (Å²) in [6, 6.07) is 3.88. The third-order valence-corrected chi connectivity index (χ3v) is 6.12. The quantitative estimate of drug-likeness (QED) is 0.766. The SMILES string of the molecule is C[C@@H](OC(=O)c1cc(S(C)(=O)=O)ccc1Cl)C(=O)N[C@@H]1CCCC[C@@H]1C. The molecular weight excluding hydrogens is 378 g/mol. The van der Waals surface area contributed by atoms with E-state index in [2.05, 4.69) is 12.2 Å². The number of halogens is 1. The third kappa shape index (κ3) is 5.20. The van der Waals surface area contributed by atoms with Crippen LogP contribution in [-0.2, 0) is 19.4 Å². The zero-order chi connectivity index (χ0) is 19.5. The molecule has 1 amide bonds. The summed E-state index contributed by atoms with van der Waals surface area (Å²) in [5.41, 5.74) is -0.0831. The van der Waals surface area contributed by atoms with Crippen molar-refractivity contribution < 1.29 is 22.7 Å². The molecule has 6 nitrogen and oxygen atoms in total. The maximum absolute atomic E-state index is 12.3. The first-order chi connectivity index (χ1) is 12.1. The summed E-state index contributed by atoms with van der Waals surface area (Å²) in [4.78, 5) is 24.6. The van der Waals surface area contributed by atoms with E-state index in [1.165, 1.54) is 19.1 Å². The van der Waals surface area contributed by atoms with Crippen molar-refractivity contribution >= 4 is 33.3 Å². The average Bonchev–Trinajstić information content (AvgIpc) is 2.56. The van der Waals surface area contributed by atoms with Gasteiger partial charge in [0.05, 0.1) is 15.5 Å². The lowest BCUT2D eigenvalue weighted by atomic mass is 9.86. The molecule has 0 radical (unpaired) electrons. The van der Waals surface area contributed by atoms with E-state index in [0.29, 0.717) is 5.92 Å². The van der Waals surface area contributed by atoms with Gasteiger partial charge in [0.15, 0.2) is 15.9 Å². The van der Waals surface area contributed by atoms with Gasteiger partial charge in [0.2, 0.25) is 0 Å². The van der Waals surface area contributed by atoms with Crippen LogP contribution in [-0.4, -0.2) is 38.7 Å². The minimum Gasteiger partial charge on any atom is -0.449 e. The zero-order valence-corrected chi connectivity index (χ0v) is 16.7. The summed E-state index contributed by atoms with van der Waals surface area (Å²) < 4.78 is 28.5. The first-order valence-electron chi connectivity index (χ1n) is 8.60. The van der Waals surface area contributed by atoms with Crippen molar-refractivity contribution in [2.24, 2.45) is 5.92 Å². The Bertz CT molecular complexity index is 793. The minimum atomic E-state index is -3.49. The van der Waals surface area contributed by atoms with Crippen molar-refractivity contribution in [3.63, 3.8) is 0 Å². The smallest absolute Gasteiger partial charge is 0.340 e. The maximum atomic E-state index is 12.3. The second-order valence-electron chi connectivity index (χ2n) is 6.84. The lowest BCUT2D eigenvalue weighted by Gasteiger charge is -2.30. The highest BCUT2D eigenvalue weighted by molar-refractivity contribution is 7.90. The minimum absolute atomic E-state index is 0.0398. The van der Waals surface area contributed by atoms with Crippen LogP contribution in [0.5, 0.6) is 0 Å². The number of ether oxygens (including phenoxy) is 1. The Morgan fingerprint density at radius 3 is 2.54 bits per heavy atom. The van der Waals surface area contributed by atoms with Gasteiger partial charge in [-0.1, -0.05) is 31.4 Å². The molecule has 0 heterocycles. The number of esters is 1. The first kappa shape index (κ1) is 20.7. The van der Waals surface area contributed by atoms with E-state index in [0.717, 1.165) is 38.0 Å². The topological polar surface area (TPSA) is 89.5 Å². The normalized spacial score (nSPS) is 21.7. The number of rotatable bonds is 5. The number of benzene rings is 1. The van der Waals surface area contributed by atoms with Crippen LogP contribution in [0.3, 0.4) is 0 Å². The van der Waals surface area contributed by atoms with E-state index in [-0.39, 0.29) is 27.4 Å². The highest BCUT2D eigenvalue weighted by atomic mass is 35.5. The van der Waals surface area contributed by atoms with E-state index < -0.39 is 21.9 Å². The third-order valence-electron chi connectivity index (χ3n) is 4.68. The molecule has 1 aliphatic carbocycles. The molecule has 0 unspecified atom stereocenters. The summed E-state index contributed by atoms with van der Waals surface area (Å²) in [7, 11) is -3.49. The van der Waals surface area contributed by atoms with E-state index >= 15 is 0 Å². The Morgan fingerprint density at radius 2 is 1.92 bits per heavy atom. The van der Waals surface area contributed by atoms with Crippen molar-refractivity contribution in [1.29, 1.82) is 0 Å². The Balaban J connectivity index is 2.05. The van der Waals surface area contributed by atoms with Gasteiger partial charge < -0.3 is 10.1 Å². The van der Waals surface area contributed by atoms with Crippen LogP contribution in [0, 0.1) is 5.92 Å². The summed E-state index contributed by atoms with van der Waals surface area (Å²) in [6.07, 6.45) is 4.23. The Hall–Kier alpha value is -1.60. The first-order valence-corrected chi connectivity index (χ1v) is 10.9. The second-order valence-corrected chi connectivity index (χ2v) is 9.26. The Labute approximate surface area is 159 Å². The number of nitrogens with one attached hydrogen (secondary N) is 1. The molecule has 1 aromatic rings. The second kappa shape index (κ2) is 8.39. The van der Waals surface area contributed by atoms with Crippen LogP contribution < -0.4 is 5.32 Å². The van der Waals surface area contributed by atoms with Crippen LogP contribution in [0.1, 0.15) is 49.9 Å². The maximum Gasteiger partial charge on any atom is 0.340 e. The number of carbonyl (C=O) groups excluding carboxylic acids is 2. The molecule has 0 spiro atoms. The molecule has 0 saturated heterocycles. The fourth-order valence-electron chi connectivity index (χ4n) is 3.00. The predicted molar refractivity (Wildman–Crippen MR) is 99.0 cm³/mol. The molecule has 1 saturated carbocycles. The van der Waals surface area contributed by atoms with Gasteiger partial charge in [-0.3, -0.25) is 4.79 Å². The molecular formula is C18H24ClNO5S. The summed E-state index contributed by atoms with van der Waals surface area (Å²) in [6.45, 7) is 3.58. The van der Waals surface area contributed by atoms with Crippen molar-refractivity contribution in [2.45, 2.75) is 56.6 Å². The molecule has 0 aliphatic heterocycles. The largest absolute Gasteiger partial charge is 0.449 e. The van der Waals surface area contributed by atoms with Gasteiger partial charge in [0.25, 0.3) is 5.91 Å². The molecule has 144 valence electrons. The van der Waals surface area contributed by atoms with Crippen molar-refractivity contribution in [3.8, 4) is 0 Å². The molecule has 0 bridgehead atoms. The van der Waals surface area contributed by atoms with Crippen LogP contribution in [0.4, 0.5) is 0 Å². The van der Waals surface area contributed by atoms with Crippen LogP contribution in [0.2, 0.25) is 5.02 Å². The molecule has 0 aromatic heterocycles. The highest BCUT2D eigenvalue weighted by Gasteiger charge is 2.27. The molecule has 1 aliphatic rings. The number of hydrogen-bond acceptors (Lipinski definition) is 5. The van der Waals surface area contributed by atoms with Gasteiger partial charge in [-0.05, 0) is 43.9 Å². The fourth-order valence-corrected chi connectivity index (χ4v) is 3.84. The van der Waals surface area contributed by atoms with E-state index in [1.54, 1.807) is 0 Å². The molecule has 1 fully saturated rings. The molecule has 2 rings (SSSR count). The van der Waals surface area contributed by atoms with Gasteiger partial charge in [0, 0.05) is 12.3 Å². The molecule has 1 aromatic carbocycles. The van der Waals surface area contributed by atoms with Crippen molar-refractivity contribution in [2.75, 3.05) is 6.26 Å². The van der Waals surface area contributed by atoms with Crippen molar-refractivity contribution in [1.82, 2.24) is 5.32 Å². The molecule has 1 N–H and O–H groups in total. The summed E-state index contributed by atoms with van der Waals surface area (Å²) >= 11 is 5.98. The van der Waals surface area contributed by atoms with Gasteiger partial charge in [0.1, 0.15) is 0 Å². The fraction of sp³-hybridized carbons (Fsp3) is 0.556. The lowest BCUT2D eigenvalue weighted by Crippen LogP contribution is -2.46. The average molecular weight is 402 g/mol. The number of amides is 1. The van der Waals surface area contributed by atoms with Crippen LogP contribution in [0.15, 0.2) is 23.1 Å². The molecule has 8 heteroatoms. The summed E-state index contributed by atoms with van der Waals surface area (Å²) in [5.74, 6) is -0.816. The van der Waals surface area contributed by atoms with Gasteiger partial charge in [-0.2, -0.15) is 0 Å². The van der Waals surface area contributed by atoms with Crippen LogP contribution in [0.25, 0.3) is 0 Å². The van der Waals surface area contributed by atoms with E-state index in [1.807, 2.05) is 0 Å². The highest BCUT2D eigenvalue weighted by Crippen LogP contribution is 2.24. The Kier molecular flexibility index (Phi) is 6.69. The van der Waals surface area contributed by atoms with E-state index in [4.69, 9.17) is 16.3 Å². The van der Waals surface area contributed by atoms with Gasteiger partial charge in [-0.25, -0.2) is 13.2 Å². The zero-order valence-electron chi connectivity index (χ0n) is 15.1. The lowest BCUT2D eigenvalue weighted by molar-refractivity contribution is -0.130. The van der Waals surface area contributed by atoms with Gasteiger partial charge >= 0.3 is 5.97 Å².